The van der Waals surface area contributed by atoms with Gasteiger partial charge in [0.05, 0.1) is 10.7 Å². The van der Waals surface area contributed by atoms with Crippen LogP contribution in [0, 0.1) is 0 Å². The molecule has 0 bridgehead atoms. The molecule has 0 radical (unpaired) electrons. The molecule has 3 nitrogen and oxygen atoms in total. The first-order valence-corrected chi connectivity index (χ1v) is 8.20. The van der Waals surface area contributed by atoms with Crippen LogP contribution in [0.5, 0.6) is 0 Å². The van der Waals surface area contributed by atoms with Crippen molar-refractivity contribution in [3.8, 4) is 0 Å². The van der Waals surface area contributed by atoms with Crippen molar-refractivity contribution in [2.24, 2.45) is 0 Å². The van der Waals surface area contributed by atoms with Crippen LogP contribution in [-0.2, 0) is 11.3 Å². The van der Waals surface area contributed by atoms with E-state index in [1.165, 1.54) is 15.6 Å². The van der Waals surface area contributed by atoms with Gasteiger partial charge in [0.2, 0.25) is 0 Å². The Kier molecular flexibility index (Phi) is 5.37. The summed E-state index contributed by atoms with van der Waals surface area (Å²) < 4.78 is 5.45. The lowest BCUT2D eigenvalue weighted by molar-refractivity contribution is 0.0852. The van der Waals surface area contributed by atoms with Crippen molar-refractivity contribution < 1.29 is 4.74 Å². The van der Waals surface area contributed by atoms with Crippen LogP contribution in [0.2, 0.25) is 0 Å². The van der Waals surface area contributed by atoms with E-state index in [0.717, 1.165) is 32.6 Å². The largest absolute Gasteiger partial charge is 0.381 e. The summed E-state index contributed by atoms with van der Waals surface area (Å²) in [6, 6.07) is 0.522. The van der Waals surface area contributed by atoms with Gasteiger partial charge in [0.15, 0.2) is 0 Å². The number of nitrogens with zero attached hydrogens (tertiary/aromatic N) is 1. The number of aromatic nitrogens is 1. The molecular weight excluding hydrogens is 256 g/mol. The monoisotopic (exact) mass is 282 g/mol. The van der Waals surface area contributed by atoms with Crippen LogP contribution in [0.15, 0.2) is 0 Å². The zero-order valence-corrected chi connectivity index (χ0v) is 13.3. The van der Waals surface area contributed by atoms with Crippen LogP contribution in [0.25, 0.3) is 0 Å². The zero-order valence-electron chi connectivity index (χ0n) is 12.5. The van der Waals surface area contributed by atoms with Gasteiger partial charge in [-0.2, -0.15) is 0 Å². The minimum atomic E-state index is 0.508. The van der Waals surface area contributed by atoms with Gasteiger partial charge in [-0.15, -0.1) is 11.3 Å². The standard InChI is InChI=1S/C15H26N2OS/c1-10(2)14-13(9-16-11(3)4)19-15(17-14)12-5-7-18-8-6-12/h10-12,16H,5-9H2,1-4H3. The number of hydrogen-bond acceptors (Lipinski definition) is 4. The van der Waals surface area contributed by atoms with Crippen LogP contribution < -0.4 is 5.32 Å². The molecule has 2 heterocycles. The van der Waals surface area contributed by atoms with Crippen LogP contribution in [0.4, 0.5) is 0 Å². The topological polar surface area (TPSA) is 34.1 Å². The van der Waals surface area contributed by atoms with Gasteiger partial charge in [0, 0.05) is 36.6 Å². The Bertz CT molecular complexity index is 395. The maximum atomic E-state index is 5.45. The summed E-state index contributed by atoms with van der Waals surface area (Å²) in [5.74, 6) is 1.12. The molecule has 108 valence electrons. The van der Waals surface area contributed by atoms with Gasteiger partial charge in [-0.1, -0.05) is 27.7 Å². The molecule has 0 amide bonds. The Labute approximate surface area is 120 Å². The Balaban J connectivity index is 2.13. The molecule has 1 aromatic heterocycles. The third-order valence-corrected chi connectivity index (χ3v) is 4.77. The fraction of sp³-hybridized carbons (Fsp3) is 0.800. The molecule has 4 heteroatoms. The van der Waals surface area contributed by atoms with Crippen LogP contribution >= 0.6 is 11.3 Å². The van der Waals surface area contributed by atoms with Crippen molar-refractivity contribution in [3.05, 3.63) is 15.6 Å². The number of hydrogen-bond donors (Lipinski definition) is 1. The van der Waals surface area contributed by atoms with E-state index in [1.54, 1.807) is 0 Å². The molecule has 1 aliphatic heterocycles. The molecule has 1 aromatic rings. The van der Waals surface area contributed by atoms with Crippen LogP contribution in [-0.4, -0.2) is 24.2 Å². The Morgan fingerprint density at radius 3 is 2.53 bits per heavy atom. The molecule has 0 atom stereocenters. The average molecular weight is 282 g/mol. The second-order valence-electron chi connectivity index (χ2n) is 5.94. The van der Waals surface area contributed by atoms with E-state index in [1.807, 2.05) is 11.3 Å². The van der Waals surface area contributed by atoms with Gasteiger partial charge in [0.1, 0.15) is 0 Å². The highest BCUT2D eigenvalue weighted by Gasteiger charge is 2.22. The highest BCUT2D eigenvalue weighted by atomic mass is 32.1. The lowest BCUT2D eigenvalue weighted by Crippen LogP contribution is -2.22. The molecule has 1 aliphatic rings. The maximum Gasteiger partial charge on any atom is 0.0964 e. The van der Waals surface area contributed by atoms with Crippen molar-refractivity contribution in [3.63, 3.8) is 0 Å². The summed E-state index contributed by atoms with van der Waals surface area (Å²) >= 11 is 1.91. The third-order valence-electron chi connectivity index (χ3n) is 3.53. The fourth-order valence-corrected chi connectivity index (χ4v) is 3.72. The van der Waals surface area contributed by atoms with Gasteiger partial charge in [0.25, 0.3) is 0 Å². The highest BCUT2D eigenvalue weighted by Crippen LogP contribution is 2.34. The number of thiazole rings is 1. The van der Waals surface area contributed by atoms with Gasteiger partial charge >= 0.3 is 0 Å². The predicted molar refractivity (Wildman–Crippen MR) is 81.0 cm³/mol. The Morgan fingerprint density at radius 1 is 1.26 bits per heavy atom. The van der Waals surface area contributed by atoms with E-state index >= 15 is 0 Å². The summed E-state index contributed by atoms with van der Waals surface area (Å²) in [7, 11) is 0. The lowest BCUT2D eigenvalue weighted by atomic mass is 10.0. The molecule has 0 saturated carbocycles. The fourth-order valence-electron chi connectivity index (χ4n) is 2.38. The second kappa shape index (κ2) is 6.82. The Morgan fingerprint density at radius 2 is 1.95 bits per heavy atom. The van der Waals surface area contributed by atoms with Crippen molar-refractivity contribution in [1.82, 2.24) is 10.3 Å². The molecule has 2 rings (SSSR count). The molecule has 0 aliphatic carbocycles. The summed E-state index contributed by atoms with van der Waals surface area (Å²) in [4.78, 5) is 6.36. The average Bonchev–Trinajstić information content (AvgIpc) is 2.81. The van der Waals surface area contributed by atoms with Crippen molar-refractivity contribution >= 4 is 11.3 Å². The van der Waals surface area contributed by atoms with E-state index in [-0.39, 0.29) is 0 Å². The number of nitrogens with one attached hydrogen (secondary N) is 1. The van der Waals surface area contributed by atoms with E-state index in [4.69, 9.17) is 9.72 Å². The van der Waals surface area contributed by atoms with Crippen molar-refractivity contribution in [1.29, 1.82) is 0 Å². The van der Waals surface area contributed by atoms with Gasteiger partial charge in [-0.25, -0.2) is 4.98 Å². The molecule has 1 saturated heterocycles. The van der Waals surface area contributed by atoms with E-state index in [2.05, 4.69) is 33.0 Å². The first-order valence-electron chi connectivity index (χ1n) is 7.38. The van der Waals surface area contributed by atoms with E-state index in [9.17, 15) is 0 Å². The first kappa shape index (κ1) is 14.9. The minimum absolute atomic E-state index is 0.508. The van der Waals surface area contributed by atoms with Gasteiger partial charge in [-0.3, -0.25) is 0 Å². The molecule has 0 aromatic carbocycles. The number of ether oxygens (including phenoxy) is 1. The summed E-state index contributed by atoms with van der Waals surface area (Å²) in [6.07, 6.45) is 2.25. The highest BCUT2D eigenvalue weighted by molar-refractivity contribution is 7.11. The van der Waals surface area contributed by atoms with Gasteiger partial charge in [-0.05, 0) is 18.8 Å². The third kappa shape index (κ3) is 4.01. The normalized spacial score (nSPS) is 17.6. The Hall–Kier alpha value is -0.450. The van der Waals surface area contributed by atoms with E-state index < -0.39 is 0 Å². The predicted octanol–water partition coefficient (Wildman–Crippen LogP) is 3.66. The molecule has 19 heavy (non-hydrogen) atoms. The van der Waals surface area contributed by atoms with Gasteiger partial charge < -0.3 is 10.1 Å². The SMILES string of the molecule is CC(C)NCc1sc(C2CCOCC2)nc1C(C)C. The first-order chi connectivity index (χ1) is 9.08. The number of rotatable bonds is 5. The minimum Gasteiger partial charge on any atom is -0.381 e. The van der Waals surface area contributed by atoms with Crippen molar-refractivity contribution in [2.45, 2.75) is 65.0 Å². The van der Waals surface area contributed by atoms with Crippen LogP contribution in [0.1, 0.15) is 68.0 Å². The summed E-state index contributed by atoms with van der Waals surface area (Å²) in [5, 5.41) is 4.85. The molecule has 0 unspecified atom stereocenters. The van der Waals surface area contributed by atoms with Crippen molar-refractivity contribution in [2.75, 3.05) is 13.2 Å². The molecule has 1 fully saturated rings. The van der Waals surface area contributed by atoms with Crippen LogP contribution in [0.3, 0.4) is 0 Å². The molecule has 0 spiro atoms. The maximum absolute atomic E-state index is 5.45. The van der Waals surface area contributed by atoms with E-state index in [0.29, 0.717) is 17.9 Å². The zero-order chi connectivity index (χ0) is 13.8. The molecule has 1 N–H and O–H groups in total. The second-order valence-corrected chi connectivity index (χ2v) is 7.05. The summed E-state index contributed by atoms with van der Waals surface area (Å²) in [5.41, 5.74) is 1.29. The molecular formula is C15H26N2OS. The lowest BCUT2D eigenvalue weighted by Gasteiger charge is -2.19. The summed E-state index contributed by atoms with van der Waals surface area (Å²) in [6.45, 7) is 11.6. The smallest absolute Gasteiger partial charge is 0.0964 e. The quantitative estimate of drug-likeness (QED) is 0.895.